The zero-order valence-corrected chi connectivity index (χ0v) is 9.22. The second kappa shape index (κ2) is 6.38. The summed E-state index contributed by atoms with van der Waals surface area (Å²) < 4.78 is 5.36. The van der Waals surface area contributed by atoms with Gasteiger partial charge in [0.15, 0.2) is 0 Å². The first kappa shape index (κ1) is 12.0. The molecule has 0 saturated carbocycles. The summed E-state index contributed by atoms with van der Waals surface area (Å²) >= 11 is 0. The molecule has 1 aliphatic rings. The SMILES string of the molecule is CC1(NCCCCCCO)CCOC1. The first-order valence-corrected chi connectivity index (χ1v) is 5.70. The van der Waals surface area contributed by atoms with Crippen LogP contribution in [-0.4, -0.2) is 37.0 Å². The monoisotopic (exact) mass is 201 g/mol. The highest BCUT2D eigenvalue weighted by Gasteiger charge is 2.28. The minimum atomic E-state index is 0.219. The van der Waals surface area contributed by atoms with Gasteiger partial charge in [-0.15, -0.1) is 0 Å². The standard InChI is InChI=1S/C11H23NO2/c1-11(6-9-14-10-11)12-7-4-2-3-5-8-13/h12-13H,2-10H2,1H3. The summed E-state index contributed by atoms with van der Waals surface area (Å²) in [6.45, 7) is 5.38. The molecule has 3 heteroatoms. The van der Waals surface area contributed by atoms with Gasteiger partial charge in [-0.3, -0.25) is 0 Å². The minimum absolute atomic E-state index is 0.219. The van der Waals surface area contributed by atoms with E-state index >= 15 is 0 Å². The molecule has 0 aliphatic carbocycles. The normalized spacial score (nSPS) is 27.0. The maximum atomic E-state index is 8.60. The van der Waals surface area contributed by atoms with E-state index < -0.39 is 0 Å². The Morgan fingerprint density at radius 3 is 2.71 bits per heavy atom. The predicted octanol–water partition coefficient (Wildman–Crippen LogP) is 1.31. The maximum Gasteiger partial charge on any atom is 0.0646 e. The van der Waals surface area contributed by atoms with E-state index in [9.17, 15) is 0 Å². The molecule has 0 bridgehead atoms. The predicted molar refractivity (Wildman–Crippen MR) is 57.4 cm³/mol. The van der Waals surface area contributed by atoms with Gasteiger partial charge < -0.3 is 15.2 Å². The largest absolute Gasteiger partial charge is 0.396 e. The van der Waals surface area contributed by atoms with Crippen molar-refractivity contribution >= 4 is 0 Å². The van der Waals surface area contributed by atoms with Crippen molar-refractivity contribution in [2.24, 2.45) is 0 Å². The Labute approximate surface area is 86.8 Å². The Morgan fingerprint density at radius 1 is 1.29 bits per heavy atom. The zero-order chi connectivity index (χ0) is 10.3. The van der Waals surface area contributed by atoms with Crippen LogP contribution in [0.5, 0.6) is 0 Å². The lowest BCUT2D eigenvalue weighted by atomic mass is 10.0. The first-order chi connectivity index (χ1) is 6.77. The molecule has 0 aromatic heterocycles. The van der Waals surface area contributed by atoms with Crippen molar-refractivity contribution in [2.45, 2.75) is 44.6 Å². The Bertz CT molecular complexity index is 144. The van der Waals surface area contributed by atoms with Gasteiger partial charge in [0.1, 0.15) is 0 Å². The van der Waals surface area contributed by atoms with E-state index in [2.05, 4.69) is 12.2 Å². The fourth-order valence-electron chi connectivity index (χ4n) is 1.79. The van der Waals surface area contributed by atoms with E-state index in [4.69, 9.17) is 9.84 Å². The molecule has 0 radical (unpaired) electrons. The van der Waals surface area contributed by atoms with Crippen LogP contribution in [0.1, 0.15) is 39.0 Å². The van der Waals surface area contributed by atoms with E-state index in [1.807, 2.05) is 0 Å². The summed E-state index contributed by atoms with van der Waals surface area (Å²) in [5.74, 6) is 0. The third kappa shape index (κ3) is 4.40. The van der Waals surface area contributed by atoms with Crippen molar-refractivity contribution in [3.05, 3.63) is 0 Å². The van der Waals surface area contributed by atoms with Crippen molar-refractivity contribution in [3.8, 4) is 0 Å². The highest BCUT2D eigenvalue weighted by atomic mass is 16.5. The fraction of sp³-hybridized carbons (Fsp3) is 1.00. The lowest BCUT2D eigenvalue weighted by molar-refractivity contribution is 0.171. The van der Waals surface area contributed by atoms with Gasteiger partial charge in [0, 0.05) is 18.8 Å². The van der Waals surface area contributed by atoms with E-state index in [1.165, 1.54) is 12.8 Å². The summed E-state index contributed by atoms with van der Waals surface area (Å²) in [6, 6.07) is 0. The molecule has 0 spiro atoms. The average Bonchev–Trinajstić information content (AvgIpc) is 2.59. The molecule has 0 amide bonds. The Morgan fingerprint density at radius 2 is 2.07 bits per heavy atom. The van der Waals surface area contributed by atoms with Crippen LogP contribution in [0.2, 0.25) is 0 Å². The van der Waals surface area contributed by atoms with Gasteiger partial charge in [-0.1, -0.05) is 12.8 Å². The second-order valence-electron chi connectivity index (χ2n) is 4.43. The van der Waals surface area contributed by atoms with Crippen LogP contribution < -0.4 is 5.32 Å². The molecule has 1 heterocycles. The fourth-order valence-corrected chi connectivity index (χ4v) is 1.79. The third-order valence-electron chi connectivity index (χ3n) is 2.86. The highest BCUT2D eigenvalue weighted by molar-refractivity contribution is 4.86. The molecule has 1 saturated heterocycles. The average molecular weight is 201 g/mol. The van der Waals surface area contributed by atoms with Gasteiger partial charge >= 0.3 is 0 Å². The number of aliphatic hydroxyl groups excluding tert-OH is 1. The maximum absolute atomic E-state index is 8.60. The van der Waals surface area contributed by atoms with Crippen LogP contribution in [0.25, 0.3) is 0 Å². The topological polar surface area (TPSA) is 41.5 Å². The summed E-state index contributed by atoms with van der Waals surface area (Å²) in [6.07, 6.45) is 5.63. The number of hydrogen-bond donors (Lipinski definition) is 2. The molecule has 0 aromatic rings. The number of aliphatic hydroxyl groups is 1. The summed E-state index contributed by atoms with van der Waals surface area (Å²) in [4.78, 5) is 0. The Balaban J connectivity index is 1.92. The zero-order valence-electron chi connectivity index (χ0n) is 9.22. The molecule has 1 rings (SSSR count). The second-order valence-corrected chi connectivity index (χ2v) is 4.43. The van der Waals surface area contributed by atoms with Crippen LogP contribution >= 0.6 is 0 Å². The molecular weight excluding hydrogens is 178 g/mol. The smallest absolute Gasteiger partial charge is 0.0646 e. The van der Waals surface area contributed by atoms with Crippen LogP contribution in [0.4, 0.5) is 0 Å². The van der Waals surface area contributed by atoms with E-state index in [1.54, 1.807) is 0 Å². The third-order valence-corrected chi connectivity index (χ3v) is 2.86. The van der Waals surface area contributed by atoms with Crippen molar-refractivity contribution in [1.29, 1.82) is 0 Å². The molecule has 14 heavy (non-hydrogen) atoms. The highest BCUT2D eigenvalue weighted by Crippen LogP contribution is 2.17. The molecule has 1 unspecified atom stereocenters. The van der Waals surface area contributed by atoms with E-state index in [0.717, 1.165) is 39.0 Å². The summed E-state index contributed by atoms with van der Waals surface area (Å²) in [7, 11) is 0. The van der Waals surface area contributed by atoms with Gasteiger partial charge in [-0.05, 0) is 32.7 Å². The molecule has 1 aliphatic heterocycles. The van der Waals surface area contributed by atoms with Crippen LogP contribution in [-0.2, 0) is 4.74 Å². The molecular formula is C11H23NO2. The van der Waals surface area contributed by atoms with Crippen molar-refractivity contribution < 1.29 is 9.84 Å². The number of nitrogens with one attached hydrogen (secondary N) is 1. The molecule has 2 N–H and O–H groups in total. The van der Waals surface area contributed by atoms with Gasteiger partial charge in [0.2, 0.25) is 0 Å². The molecule has 3 nitrogen and oxygen atoms in total. The number of ether oxygens (including phenoxy) is 1. The van der Waals surface area contributed by atoms with Gasteiger partial charge in [-0.2, -0.15) is 0 Å². The van der Waals surface area contributed by atoms with Gasteiger partial charge in [-0.25, -0.2) is 0 Å². The first-order valence-electron chi connectivity index (χ1n) is 5.70. The van der Waals surface area contributed by atoms with E-state index in [0.29, 0.717) is 6.61 Å². The molecule has 1 atom stereocenters. The van der Waals surface area contributed by atoms with E-state index in [-0.39, 0.29) is 5.54 Å². The molecule has 1 fully saturated rings. The van der Waals surface area contributed by atoms with Gasteiger partial charge in [0.05, 0.1) is 6.61 Å². The van der Waals surface area contributed by atoms with Crippen molar-refractivity contribution in [3.63, 3.8) is 0 Å². The summed E-state index contributed by atoms with van der Waals surface area (Å²) in [5, 5.41) is 12.2. The number of rotatable bonds is 7. The number of unbranched alkanes of at least 4 members (excludes halogenated alkanes) is 3. The summed E-state index contributed by atoms with van der Waals surface area (Å²) in [5.41, 5.74) is 0.219. The van der Waals surface area contributed by atoms with Crippen LogP contribution in [0.15, 0.2) is 0 Å². The minimum Gasteiger partial charge on any atom is -0.396 e. The lowest BCUT2D eigenvalue weighted by Crippen LogP contribution is -2.43. The Hall–Kier alpha value is -0.120. The van der Waals surface area contributed by atoms with Crippen molar-refractivity contribution in [2.75, 3.05) is 26.4 Å². The van der Waals surface area contributed by atoms with Crippen LogP contribution in [0.3, 0.4) is 0 Å². The van der Waals surface area contributed by atoms with Gasteiger partial charge in [0.25, 0.3) is 0 Å². The quantitative estimate of drug-likeness (QED) is 0.610. The molecule has 0 aromatic carbocycles. The molecule has 84 valence electrons. The lowest BCUT2D eigenvalue weighted by Gasteiger charge is -2.23. The Kier molecular flexibility index (Phi) is 5.45. The number of hydrogen-bond acceptors (Lipinski definition) is 3. The van der Waals surface area contributed by atoms with Crippen molar-refractivity contribution in [1.82, 2.24) is 5.32 Å². The van der Waals surface area contributed by atoms with Crippen LogP contribution in [0, 0.1) is 0 Å².